The molecule has 0 saturated heterocycles. The molecule has 0 fully saturated rings. The second-order valence-electron chi connectivity index (χ2n) is 6.88. The van der Waals surface area contributed by atoms with Gasteiger partial charge in [0.05, 0.1) is 0 Å². The Morgan fingerprint density at radius 3 is 0.913 bits per heavy atom. The van der Waals surface area contributed by atoms with Gasteiger partial charge in [-0.25, -0.2) is 0 Å². The number of hydrogen-bond donors (Lipinski definition) is 0. The van der Waals surface area contributed by atoms with Crippen molar-refractivity contribution < 1.29 is 0 Å². The van der Waals surface area contributed by atoms with E-state index in [0.29, 0.717) is 0 Å². The maximum atomic E-state index is 5.85. The molecule has 0 bridgehead atoms. The second kappa shape index (κ2) is 21.1. The van der Waals surface area contributed by atoms with Crippen molar-refractivity contribution in [3.05, 3.63) is 0 Å². The lowest BCUT2D eigenvalue weighted by atomic mass is 10.0. The topological polar surface area (TPSA) is 0 Å². The number of alkyl halides is 1. The molecule has 0 N–H and O–H groups in total. The van der Waals surface area contributed by atoms with E-state index in [1.165, 1.54) is 109 Å². The monoisotopic (exact) mass is 400 g/mol. The molecule has 4 heteroatoms. The first-order chi connectivity index (χ1) is 11.3. The molecule has 0 aliphatic carbocycles. The molecule has 0 spiro atoms. The summed E-state index contributed by atoms with van der Waals surface area (Å²) in [6, 6.07) is 1.09. The Morgan fingerprint density at radius 2 is 0.652 bits per heavy atom. The lowest BCUT2D eigenvalue weighted by molar-refractivity contribution is 0.529. The summed E-state index contributed by atoms with van der Waals surface area (Å²) in [7, 11) is -1.33. The highest BCUT2D eigenvalue weighted by molar-refractivity contribution is 7.33. The summed E-state index contributed by atoms with van der Waals surface area (Å²) in [6.07, 6.45) is 23.6. The Kier molecular flexibility index (Phi) is 22.1. The highest BCUT2D eigenvalue weighted by atomic mass is 35.7. The molecule has 0 rings (SSSR count). The first-order valence-corrected chi connectivity index (χ1v) is 15.0. The molecule has 0 aromatic rings. The van der Waals surface area contributed by atoms with Crippen LogP contribution in [0.2, 0.25) is 6.04 Å². The Hall–Kier alpha value is 1.09. The van der Waals surface area contributed by atoms with Gasteiger partial charge < -0.3 is 0 Å². The van der Waals surface area contributed by atoms with Crippen LogP contribution in [0.5, 0.6) is 0 Å². The van der Waals surface area contributed by atoms with Crippen molar-refractivity contribution in [3.63, 3.8) is 0 Å². The highest BCUT2D eigenvalue weighted by Crippen LogP contribution is 2.15. The van der Waals surface area contributed by atoms with E-state index in [-0.39, 0.29) is 0 Å². The minimum Gasteiger partial charge on any atom is -0.150 e. The van der Waals surface area contributed by atoms with E-state index in [4.69, 9.17) is 33.8 Å². The summed E-state index contributed by atoms with van der Waals surface area (Å²) in [6.45, 7) is 0. The third-order valence-electron chi connectivity index (χ3n) is 4.56. The van der Waals surface area contributed by atoms with Gasteiger partial charge in [-0.2, -0.15) is 22.2 Å². The molecule has 0 unspecified atom stereocenters. The number of rotatable bonds is 19. The molecule has 23 heavy (non-hydrogen) atoms. The Morgan fingerprint density at radius 1 is 0.391 bits per heavy atom. The van der Waals surface area contributed by atoms with E-state index in [0.717, 1.165) is 11.9 Å². The molecule has 0 heterocycles. The van der Waals surface area contributed by atoms with Crippen molar-refractivity contribution in [2.24, 2.45) is 0 Å². The maximum Gasteiger partial charge on any atom is 0.237 e. The molecular weight excluding hydrogens is 363 g/mol. The van der Waals surface area contributed by atoms with Gasteiger partial charge in [-0.3, -0.25) is 0 Å². The minimum atomic E-state index is -1.33. The zero-order valence-electron chi connectivity index (χ0n) is 15.1. The molecule has 0 radical (unpaired) electrons. The number of halogens is 3. The van der Waals surface area contributed by atoms with Gasteiger partial charge in [-0.1, -0.05) is 103 Å². The summed E-state index contributed by atoms with van der Waals surface area (Å²) in [5.41, 5.74) is 0. The first-order valence-electron chi connectivity index (χ1n) is 10.1. The summed E-state index contributed by atoms with van der Waals surface area (Å²) in [5.74, 6) is 0.837. The molecule has 0 aliphatic rings. The van der Waals surface area contributed by atoms with E-state index in [9.17, 15) is 0 Å². The van der Waals surface area contributed by atoms with Crippen molar-refractivity contribution in [1.82, 2.24) is 0 Å². The van der Waals surface area contributed by atoms with Gasteiger partial charge in [-0.15, -0.1) is 11.6 Å². The lowest BCUT2D eigenvalue weighted by Crippen LogP contribution is -1.91. The summed E-state index contributed by atoms with van der Waals surface area (Å²) < 4.78 is 0. The van der Waals surface area contributed by atoms with Crippen LogP contribution in [0, 0.1) is 0 Å². The fourth-order valence-electron chi connectivity index (χ4n) is 3.04. The van der Waals surface area contributed by atoms with Crippen molar-refractivity contribution in [3.8, 4) is 0 Å². The van der Waals surface area contributed by atoms with Crippen LogP contribution in [0.3, 0.4) is 0 Å². The fourth-order valence-corrected chi connectivity index (χ4v) is 4.76. The molecule has 0 aromatic heterocycles. The van der Waals surface area contributed by atoms with Gasteiger partial charge in [0.1, 0.15) is 0 Å². The largest absolute Gasteiger partial charge is 0.237 e. The molecule has 0 saturated carbocycles. The molecule has 140 valence electrons. The maximum absolute atomic E-state index is 5.85. The van der Waals surface area contributed by atoms with Crippen molar-refractivity contribution in [2.75, 3.05) is 5.88 Å². The average Bonchev–Trinajstić information content (AvgIpc) is 2.53. The van der Waals surface area contributed by atoms with Crippen LogP contribution < -0.4 is 0 Å². The smallest absolute Gasteiger partial charge is 0.150 e. The van der Waals surface area contributed by atoms with E-state index >= 15 is 0 Å². The minimum absolute atomic E-state index is 0.837. The Bertz CT molecular complexity index is 213. The summed E-state index contributed by atoms with van der Waals surface area (Å²) >= 11 is 17.4. The van der Waals surface area contributed by atoms with Crippen LogP contribution in [0.4, 0.5) is 0 Å². The van der Waals surface area contributed by atoms with Crippen molar-refractivity contribution in [2.45, 2.75) is 115 Å². The van der Waals surface area contributed by atoms with E-state index in [1.807, 2.05) is 0 Å². The van der Waals surface area contributed by atoms with Crippen LogP contribution in [0.15, 0.2) is 0 Å². The highest BCUT2D eigenvalue weighted by Gasteiger charge is 2.00. The fraction of sp³-hybridized carbons (Fsp3) is 1.00. The molecule has 0 aliphatic heterocycles. The van der Waals surface area contributed by atoms with Crippen LogP contribution in [-0.2, 0) is 0 Å². The molecule has 0 atom stereocenters. The van der Waals surface area contributed by atoms with Gasteiger partial charge in [0.15, 0.2) is 0 Å². The molecule has 0 aromatic carbocycles. The van der Waals surface area contributed by atoms with Crippen LogP contribution in [0.25, 0.3) is 0 Å². The third-order valence-corrected chi connectivity index (χ3v) is 6.98. The Labute approximate surface area is 162 Å². The van der Waals surface area contributed by atoms with Crippen molar-refractivity contribution in [1.29, 1.82) is 0 Å². The normalized spacial score (nSPS) is 11.5. The van der Waals surface area contributed by atoms with E-state index < -0.39 is 7.42 Å². The van der Waals surface area contributed by atoms with E-state index in [1.54, 1.807) is 0 Å². The second-order valence-corrected chi connectivity index (χ2v) is 12.4. The zero-order chi connectivity index (χ0) is 17.0. The van der Waals surface area contributed by atoms with Gasteiger partial charge in [-0.05, 0) is 12.5 Å². The third kappa shape index (κ3) is 23.1. The van der Waals surface area contributed by atoms with Gasteiger partial charge in [0.2, 0.25) is 7.42 Å². The molecular formula is C19H39Cl3Si. The van der Waals surface area contributed by atoms with Gasteiger partial charge >= 0.3 is 0 Å². The number of hydrogen-bond acceptors (Lipinski definition) is 0. The standard InChI is InChI=1S/C19H39Cl3Si/c20-18-16-14-12-10-8-6-4-2-1-3-5-7-9-11-13-15-17-19-23(21)22/h23H,1-19H2. The predicted octanol–water partition coefficient (Wildman–Crippen LogP) is 8.56. The van der Waals surface area contributed by atoms with Gasteiger partial charge in [0, 0.05) is 5.88 Å². The lowest BCUT2D eigenvalue weighted by Gasteiger charge is -2.04. The molecule has 0 amide bonds. The summed E-state index contributed by atoms with van der Waals surface area (Å²) in [5, 5.41) is 0. The van der Waals surface area contributed by atoms with Crippen LogP contribution in [0.1, 0.15) is 109 Å². The van der Waals surface area contributed by atoms with E-state index in [2.05, 4.69) is 0 Å². The van der Waals surface area contributed by atoms with Crippen LogP contribution >= 0.6 is 33.8 Å². The zero-order valence-corrected chi connectivity index (χ0v) is 18.6. The van der Waals surface area contributed by atoms with Gasteiger partial charge in [0.25, 0.3) is 0 Å². The quantitative estimate of drug-likeness (QED) is 0.0879. The van der Waals surface area contributed by atoms with Crippen LogP contribution in [-0.4, -0.2) is 13.3 Å². The predicted molar refractivity (Wildman–Crippen MR) is 113 cm³/mol. The Balaban J connectivity index is 2.95. The van der Waals surface area contributed by atoms with Crippen molar-refractivity contribution >= 4 is 41.2 Å². The summed E-state index contributed by atoms with van der Waals surface area (Å²) in [4.78, 5) is 0. The first kappa shape index (κ1) is 24.1. The SMILES string of the molecule is ClCCCCCCCCCCCCCCCCCCC[SiH](Cl)Cl. The number of unbranched alkanes of at least 4 members (excludes halogenated alkanes) is 16. The average molecular weight is 402 g/mol. The molecule has 0 nitrogen and oxygen atoms in total.